The Bertz CT molecular complexity index is 223. The fourth-order valence-corrected chi connectivity index (χ4v) is 2.73. The van der Waals surface area contributed by atoms with Crippen LogP contribution in [-0.4, -0.2) is 60.7 Å². The summed E-state index contributed by atoms with van der Waals surface area (Å²) in [6.07, 6.45) is 2.06. The number of hydrogen-bond donors (Lipinski definition) is 2. The van der Waals surface area contributed by atoms with Crippen LogP contribution in [0.5, 0.6) is 0 Å². The van der Waals surface area contributed by atoms with Gasteiger partial charge in [0.2, 0.25) is 0 Å². The molecule has 2 atom stereocenters. The van der Waals surface area contributed by atoms with Crippen molar-refractivity contribution in [3.63, 3.8) is 0 Å². The minimum absolute atomic E-state index is 0.0272. The molecule has 0 aliphatic carbocycles. The number of ether oxygens (including phenoxy) is 1. The molecule has 16 heavy (non-hydrogen) atoms. The molecule has 4 heteroatoms. The standard InChI is InChI=1S/C12H23NO3/c1-10(15)11-3-2-4-13(5-11)6-12(7-14)8-16-9-12/h10-11,14-15H,2-9H2,1H3. The third-order valence-corrected chi connectivity index (χ3v) is 3.94. The van der Waals surface area contributed by atoms with Crippen LogP contribution in [0.4, 0.5) is 0 Å². The van der Waals surface area contributed by atoms with Crippen molar-refractivity contribution in [1.82, 2.24) is 4.90 Å². The number of rotatable bonds is 4. The van der Waals surface area contributed by atoms with Crippen molar-refractivity contribution >= 4 is 0 Å². The molecule has 2 N–H and O–H groups in total. The monoisotopic (exact) mass is 229 g/mol. The van der Waals surface area contributed by atoms with Crippen LogP contribution in [0.2, 0.25) is 0 Å². The summed E-state index contributed by atoms with van der Waals surface area (Å²) in [5, 5.41) is 19.0. The lowest BCUT2D eigenvalue weighted by Gasteiger charge is -2.45. The van der Waals surface area contributed by atoms with Crippen molar-refractivity contribution in [2.45, 2.75) is 25.9 Å². The van der Waals surface area contributed by atoms with Crippen molar-refractivity contribution in [2.75, 3.05) is 39.5 Å². The first-order chi connectivity index (χ1) is 7.65. The predicted molar refractivity (Wildman–Crippen MR) is 61.2 cm³/mol. The van der Waals surface area contributed by atoms with Gasteiger partial charge in [-0.25, -0.2) is 0 Å². The highest BCUT2D eigenvalue weighted by Gasteiger charge is 2.40. The highest BCUT2D eigenvalue weighted by molar-refractivity contribution is 4.90. The third kappa shape index (κ3) is 2.56. The van der Waals surface area contributed by atoms with E-state index in [1.54, 1.807) is 0 Å². The Hall–Kier alpha value is -0.160. The van der Waals surface area contributed by atoms with Gasteiger partial charge in [0, 0.05) is 13.1 Å². The number of aliphatic hydroxyl groups is 2. The molecular weight excluding hydrogens is 206 g/mol. The van der Waals surface area contributed by atoms with E-state index in [1.807, 2.05) is 6.92 Å². The average Bonchev–Trinajstić information content (AvgIpc) is 2.24. The lowest BCUT2D eigenvalue weighted by atomic mass is 9.84. The minimum Gasteiger partial charge on any atom is -0.396 e. The Morgan fingerprint density at radius 3 is 2.75 bits per heavy atom. The second-order valence-corrected chi connectivity index (χ2v) is 5.53. The molecule has 2 fully saturated rings. The van der Waals surface area contributed by atoms with E-state index >= 15 is 0 Å². The molecule has 2 heterocycles. The lowest BCUT2D eigenvalue weighted by molar-refractivity contribution is -0.151. The first-order valence-electron chi connectivity index (χ1n) is 6.24. The van der Waals surface area contributed by atoms with Crippen molar-refractivity contribution in [3.05, 3.63) is 0 Å². The summed E-state index contributed by atoms with van der Waals surface area (Å²) in [5.41, 5.74) is -0.0272. The van der Waals surface area contributed by atoms with Crippen LogP contribution in [0.15, 0.2) is 0 Å². The zero-order valence-corrected chi connectivity index (χ0v) is 10.1. The molecule has 4 nitrogen and oxygen atoms in total. The van der Waals surface area contributed by atoms with Gasteiger partial charge in [0.05, 0.1) is 31.3 Å². The van der Waals surface area contributed by atoms with Crippen LogP contribution >= 0.6 is 0 Å². The van der Waals surface area contributed by atoms with Crippen molar-refractivity contribution in [3.8, 4) is 0 Å². The van der Waals surface area contributed by atoms with Crippen LogP contribution in [-0.2, 0) is 4.74 Å². The molecule has 0 aromatic carbocycles. The van der Waals surface area contributed by atoms with Crippen LogP contribution in [0.25, 0.3) is 0 Å². The zero-order valence-electron chi connectivity index (χ0n) is 10.1. The lowest BCUT2D eigenvalue weighted by Crippen LogP contribution is -2.55. The van der Waals surface area contributed by atoms with Crippen molar-refractivity contribution in [2.24, 2.45) is 11.3 Å². The van der Waals surface area contributed by atoms with Crippen LogP contribution < -0.4 is 0 Å². The predicted octanol–water partition coefficient (Wildman–Crippen LogP) is 0.0881. The number of piperidine rings is 1. The molecule has 0 bridgehead atoms. The largest absolute Gasteiger partial charge is 0.396 e. The molecule has 2 aliphatic rings. The van der Waals surface area contributed by atoms with E-state index in [1.165, 1.54) is 0 Å². The third-order valence-electron chi connectivity index (χ3n) is 3.94. The van der Waals surface area contributed by atoms with Crippen LogP contribution in [0.3, 0.4) is 0 Å². The van der Waals surface area contributed by atoms with Gasteiger partial charge in [-0.05, 0) is 32.2 Å². The summed E-state index contributed by atoms with van der Waals surface area (Å²) < 4.78 is 5.21. The molecule has 94 valence electrons. The average molecular weight is 229 g/mol. The number of nitrogens with zero attached hydrogens (tertiary/aromatic N) is 1. The quantitative estimate of drug-likeness (QED) is 0.717. The molecule has 0 saturated carbocycles. The Morgan fingerprint density at radius 1 is 1.50 bits per heavy atom. The van der Waals surface area contributed by atoms with Gasteiger partial charge in [-0.2, -0.15) is 0 Å². The normalized spacial score (nSPS) is 32.1. The van der Waals surface area contributed by atoms with Crippen molar-refractivity contribution in [1.29, 1.82) is 0 Å². The molecule has 0 amide bonds. The maximum absolute atomic E-state index is 9.62. The van der Waals surface area contributed by atoms with Crippen LogP contribution in [0.1, 0.15) is 19.8 Å². The van der Waals surface area contributed by atoms with Gasteiger partial charge in [-0.1, -0.05) is 0 Å². The second-order valence-electron chi connectivity index (χ2n) is 5.53. The van der Waals surface area contributed by atoms with Gasteiger partial charge in [0.15, 0.2) is 0 Å². The number of hydrogen-bond acceptors (Lipinski definition) is 4. The molecular formula is C12H23NO3. The van der Waals surface area contributed by atoms with Gasteiger partial charge >= 0.3 is 0 Å². The molecule has 2 unspecified atom stereocenters. The summed E-state index contributed by atoms with van der Waals surface area (Å²) >= 11 is 0. The van der Waals surface area contributed by atoms with Gasteiger partial charge in [-0.15, -0.1) is 0 Å². The van der Waals surface area contributed by atoms with Gasteiger partial charge < -0.3 is 19.8 Å². The second kappa shape index (κ2) is 5.00. The summed E-state index contributed by atoms with van der Waals surface area (Å²) in [6, 6.07) is 0. The molecule has 0 spiro atoms. The van der Waals surface area contributed by atoms with E-state index in [-0.39, 0.29) is 18.1 Å². The smallest absolute Gasteiger partial charge is 0.0579 e. The fourth-order valence-electron chi connectivity index (χ4n) is 2.73. The molecule has 0 radical (unpaired) electrons. The first kappa shape index (κ1) is 12.3. The summed E-state index contributed by atoms with van der Waals surface area (Å²) in [5.74, 6) is 0.394. The molecule has 0 aromatic heterocycles. The Balaban J connectivity index is 1.85. The van der Waals surface area contributed by atoms with E-state index in [0.717, 1.165) is 32.5 Å². The summed E-state index contributed by atoms with van der Waals surface area (Å²) in [4.78, 5) is 2.37. The van der Waals surface area contributed by atoms with Crippen molar-refractivity contribution < 1.29 is 14.9 Å². The topological polar surface area (TPSA) is 52.9 Å². The molecule has 2 saturated heterocycles. The van der Waals surface area contributed by atoms with Crippen LogP contribution in [0, 0.1) is 11.3 Å². The first-order valence-corrected chi connectivity index (χ1v) is 6.24. The van der Waals surface area contributed by atoms with E-state index in [0.29, 0.717) is 19.1 Å². The molecule has 2 rings (SSSR count). The fraction of sp³-hybridized carbons (Fsp3) is 1.00. The number of likely N-dealkylation sites (tertiary alicyclic amines) is 1. The van der Waals surface area contributed by atoms with Gasteiger partial charge in [0.25, 0.3) is 0 Å². The zero-order chi connectivity index (χ0) is 11.6. The SMILES string of the molecule is CC(O)C1CCCN(CC2(CO)COC2)C1. The highest BCUT2D eigenvalue weighted by Crippen LogP contribution is 2.30. The maximum atomic E-state index is 9.62. The van der Waals surface area contributed by atoms with Gasteiger partial charge in [0.1, 0.15) is 0 Å². The minimum atomic E-state index is -0.217. The molecule has 2 aliphatic heterocycles. The Labute approximate surface area is 97.2 Å². The Kier molecular flexibility index (Phi) is 3.85. The van der Waals surface area contributed by atoms with E-state index in [9.17, 15) is 10.2 Å². The van der Waals surface area contributed by atoms with E-state index in [4.69, 9.17) is 4.74 Å². The molecule has 0 aromatic rings. The van der Waals surface area contributed by atoms with E-state index < -0.39 is 0 Å². The Morgan fingerprint density at radius 2 is 2.25 bits per heavy atom. The maximum Gasteiger partial charge on any atom is 0.0579 e. The van der Waals surface area contributed by atoms with E-state index in [2.05, 4.69) is 4.90 Å². The highest BCUT2D eigenvalue weighted by atomic mass is 16.5. The number of aliphatic hydroxyl groups excluding tert-OH is 2. The van der Waals surface area contributed by atoms with Gasteiger partial charge in [-0.3, -0.25) is 0 Å². The summed E-state index contributed by atoms with van der Waals surface area (Å²) in [6.45, 7) is 6.40. The summed E-state index contributed by atoms with van der Waals surface area (Å²) in [7, 11) is 0.